The van der Waals surface area contributed by atoms with E-state index in [9.17, 15) is 4.79 Å². The second-order valence-electron chi connectivity index (χ2n) is 4.62. The summed E-state index contributed by atoms with van der Waals surface area (Å²) >= 11 is 5.83. The van der Waals surface area contributed by atoms with Gasteiger partial charge >= 0.3 is 0 Å². The molecule has 1 aromatic heterocycles. The topological polar surface area (TPSA) is 46.9 Å². The molecule has 4 nitrogen and oxygen atoms in total. The van der Waals surface area contributed by atoms with E-state index >= 15 is 0 Å². The molecule has 0 spiro atoms. The SMILES string of the molecule is CCn1nc(C)cc1C(=O)NCCc1ccc(Cl)cc1. The lowest BCUT2D eigenvalue weighted by atomic mass is 10.1. The molecule has 1 aromatic carbocycles. The highest BCUT2D eigenvalue weighted by Crippen LogP contribution is 2.09. The van der Waals surface area contributed by atoms with E-state index in [1.54, 1.807) is 10.7 Å². The van der Waals surface area contributed by atoms with Crippen LogP contribution < -0.4 is 5.32 Å². The van der Waals surface area contributed by atoms with E-state index in [1.165, 1.54) is 0 Å². The van der Waals surface area contributed by atoms with Gasteiger partial charge in [0.05, 0.1) is 5.69 Å². The lowest BCUT2D eigenvalue weighted by Crippen LogP contribution is -2.28. The number of carbonyl (C=O) groups excluding carboxylic acids is 1. The summed E-state index contributed by atoms with van der Waals surface area (Å²) < 4.78 is 1.72. The fourth-order valence-corrected chi connectivity index (χ4v) is 2.16. The van der Waals surface area contributed by atoms with Gasteiger partial charge < -0.3 is 5.32 Å². The molecule has 1 heterocycles. The predicted molar refractivity (Wildman–Crippen MR) is 80.1 cm³/mol. The Labute approximate surface area is 123 Å². The Morgan fingerprint density at radius 2 is 2.05 bits per heavy atom. The van der Waals surface area contributed by atoms with Crippen LogP contribution in [0.2, 0.25) is 5.02 Å². The minimum absolute atomic E-state index is 0.0820. The van der Waals surface area contributed by atoms with E-state index in [-0.39, 0.29) is 5.91 Å². The van der Waals surface area contributed by atoms with Gasteiger partial charge in [-0.25, -0.2) is 0 Å². The van der Waals surface area contributed by atoms with Crippen molar-refractivity contribution in [3.05, 3.63) is 52.3 Å². The first-order chi connectivity index (χ1) is 9.60. The molecule has 0 fully saturated rings. The van der Waals surface area contributed by atoms with Crippen molar-refractivity contribution in [1.82, 2.24) is 15.1 Å². The largest absolute Gasteiger partial charge is 0.350 e. The van der Waals surface area contributed by atoms with Gasteiger partial charge in [0.25, 0.3) is 5.91 Å². The van der Waals surface area contributed by atoms with Crippen LogP contribution in [0.25, 0.3) is 0 Å². The standard InChI is InChI=1S/C15H18ClN3O/c1-3-19-14(10-11(2)18-19)15(20)17-9-8-12-4-6-13(16)7-5-12/h4-7,10H,3,8-9H2,1-2H3,(H,17,20). The van der Waals surface area contributed by atoms with Crippen molar-refractivity contribution in [2.24, 2.45) is 0 Å². The van der Waals surface area contributed by atoms with Crippen molar-refractivity contribution in [3.63, 3.8) is 0 Å². The highest BCUT2D eigenvalue weighted by atomic mass is 35.5. The molecular formula is C15H18ClN3O. The Bertz CT molecular complexity index is 590. The van der Waals surface area contributed by atoms with Crippen LogP contribution in [0.4, 0.5) is 0 Å². The average Bonchev–Trinajstić information content (AvgIpc) is 2.82. The summed E-state index contributed by atoms with van der Waals surface area (Å²) in [6.07, 6.45) is 0.780. The van der Waals surface area contributed by atoms with E-state index < -0.39 is 0 Å². The number of aryl methyl sites for hydroxylation is 2. The number of nitrogens with zero attached hydrogens (tertiary/aromatic N) is 2. The molecule has 2 rings (SSSR count). The molecule has 0 saturated heterocycles. The number of aromatic nitrogens is 2. The van der Waals surface area contributed by atoms with Crippen LogP contribution in [0.15, 0.2) is 30.3 Å². The zero-order valence-electron chi connectivity index (χ0n) is 11.7. The average molecular weight is 292 g/mol. The molecule has 0 unspecified atom stereocenters. The summed E-state index contributed by atoms with van der Waals surface area (Å²) in [6, 6.07) is 9.45. The molecule has 0 saturated carbocycles. The molecule has 0 aliphatic rings. The van der Waals surface area contributed by atoms with E-state index in [4.69, 9.17) is 11.6 Å². The van der Waals surface area contributed by atoms with Gasteiger partial charge in [-0.15, -0.1) is 0 Å². The van der Waals surface area contributed by atoms with E-state index in [0.717, 1.165) is 22.7 Å². The molecule has 5 heteroatoms. The lowest BCUT2D eigenvalue weighted by Gasteiger charge is -2.06. The molecule has 2 aromatic rings. The van der Waals surface area contributed by atoms with Gasteiger partial charge in [0, 0.05) is 18.1 Å². The molecule has 106 valence electrons. The van der Waals surface area contributed by atoms with Gasteiger partial charge in [-0.05, 0) is 44.0 Å². The number of benzene rings is 1. The molecular weight excluding hydrogens is 274 g/mol. The van der Waals surface area contributed by atoms with Gasteiger partial charge in [-0.1, -0.05) is 23.7 Å². The van der Waals surface area contributed by atoms with Crippen LogP contribution >= 0.6 is 11.6 Å². The van der Waals surface area contributed by atoms with Crippen molar-refractivity contribution in [1.29, 1.82) is 0 Å². The van der Waals surface area contributed by atoms with Crippen molar-refractivity contribution in [2.45, 2.75) is 26.8 Å². The molecule has 1 N–H and O–H groups in total. The number of amides is 1. The maximum atomic E-state index is 12.1. The third kappa shape index (κ3) is 3.61. The zero-order chi connectivity index (χ0) is 14.5. The summed E-state index contributed by atoms with van der Waals surface area (Å²) in [4.78, 5) is 12.1. The smallest absolute Gasteiger partial charge is 0.269 e. The zero-order valence-corrected chi connectivity index (χ0v) is 12.4. The Morgan fingerprint density at radius 3 is 2.70 bits per heavy atom. The molecule has 0 aliphatic carbocycles. The normalized spacial score (nSPS) is 10.6. The summed E-state index contributed by atoms with van der Waals surface area (Å²) in [6.45, 7) is 5.13. The van der Waals surface area contributed by atoms with Crippen molar-refractivity contribution < 1.29 is 4.79 Å². The van der Waals surface area contributed by atoms with Gasteiger partial charge in [0.1, 0.15) is 5.69 Å². The number of hydrogen-bond donors (Lipinski definition) is 1. The Hall–Kier alpha value is -1.81. The molecule has 0 atom stereocenters. The van der Waals surface area contributed by atoms with Crippen LogP contribution in [0.5, 0.6) is 0 Å². The number of nitrogens with one attached hydrogen (secondary N) is 1. The first-order valence-electron chi connectivity index (χ1n) is 6.67. The van der Waals surface area contributed by atoms with Crippen LogP contribution in [0.3, 0.4) is 0 Å². The quantitative estimate of drug-likeness (QED) is 0.921. The molecule has 0 bridgehead atoms. The summed E-state index contributed by atoms with van der Waals surface area (Å²) in [5.74, 6) is -0.0820. The Kier molecular flexibility index (Phi) is 4.79. The fourth-order valence-electron chi connectivity index (χ4n) is 2.03. The predicted octanol–water partition coefficient (Wildman–Crippen LogP) is 2.84. The first-order valence-corrected chi connectivity index (χ1v) is 7.05. The summed E-state index contributed by atoms with van der Waals surface area (Å²) in [5, 5.41) is 7.91. The monoisotopic (exact) mass is 291 g/mol. The molecule has 20 heavy (non-hydrogen) atoms. The first kappa shape index (κ1) is 14.6. The summed E-state index contributed by atoms with van der Waals surface area (Å²) in [7, 11) is 0. The highest BCUT2D eigenvalue weighted by Gasteiger charge is 2.12. The number of halogens is 1. The van der Waals surface area contributed by atoms with Gasteiger partial charge in [-0.3, -0.25) is 9.48 Å². The van der Waals surface area contributed by atoms with E-state index in [2.05, 4.69) is 10.4 Å². The van der Waals surface area contributed by atoms with Gasteiger partial charge in [0.2, 0.25) is 0 Å². The van der Waals surface area contributed by atoms with Crippen molar-refractivity contribution in [2.75, 3.05) is 6.54 Å². The van der Waals surface area contributed by atoms with Gasteiger partial charge in [0.15, 0.2) is 0 Å². The minimum Gasteiger partial charge on any atom is -0.350 e. The van der Waals surface area contributed by atoms with Gasteiger partial charge in [-0.2, -0.15) is 5.10 Å². The van der Waals surface area contributed by atoms with E-state index in [1.807, 2.05) is 38.1 Å². The van der Waals surface area contributed by atoms with Crippen LogP contribution in [-0.2, 0) is 13.0 Å². The lowest BCUT2D eigenvalue weighted by molar-refractivity contribution is 0.0943. The Morgan fingerprint density at radius 1 is 1.35 bits per heavy atom. The van der Waals surface area contributed by atoms with Crippen LogP contribution in [0, 0.1) is 6.92 Å². The summed E-state index contributed by atoms with van der Waals surface area (Å²) in [5.41, 5.74) is 2.62. The molecule has 1 amide bonds. The fraction of sp³-hybridized carbons (Fsp3) is 0.333. The van der Waals surface area contributed by atoms with Crippen LogP contribution in [0.1, 0.15) is 28.7 Å². The second-order valence-corrected chi connectivity index (χ2v) is 5.06. The third-order valence-electron chi connectivity index (χ3n) is 3.05. The maximum Gasteiger partial charge on any atom is 0.269 e. The second kappa shape index (κ2) is 6.57. The maximum absolute atomic E-state index is 12.1. The minimum atomic E-state index is -0.0820. The number of rotatable bonds is 5. The van der Waals surface area contributed by atoms with Crippen molar-refractivity contribution >= 4 is 17.5 Å². The third-order valence-corrected chi connectivity index (χ3v) is 3.30. The van der Waals surface area contributed by atoms with Crippen molar-refractivity contribution in [3.8, 4) is 0 Å². The van der Waals surface area contributed by atoms with Crippen LogP contribution in [-0.4, -0.2) is 22.2 Å². The Balaban J connectivity index is 1.90. The molecule has 0 aliphatic heterocycles. The number of carbonyl (C=O) groups is 1. The highest BCUT2D eigenvalue weighted by molar-refractivity contribution is 6.30. The molecule has 0 radical (unpaired) electrons. The number of hydrogen-bond acceptors (Lipinski definition) is 2. The van der Waals surface area contributed by atoms with E-state index in [0.29, 0.717) is 18.8 Å².